The van der Waals surface area contributed by atoms with Gasteiger partial charge in [-0.15, -0.1) is 0 Å². The molecular weight excluding hydrogens is 530 g/mol. The molecule has 0 saturated carbocycles. The second-order valence-corrected chi connectivity index (χ2v) is 18.1. The van der Waals surface area contributed by atoms with Gasteiger partial charge in [0.15, 0.2) is 14.1 Å². The van der Waals surface area contributed by atoms with Gasteiger partial charge < -0.3 is 13.7 Å². The molecule has 3 heterocycles. The van der Waals surface area contributed by atoms with Crippen LogP contribution in [-0.4, -0.2) is 46.1 Å². The van der Waals surface area contributed by atoms with Crippen LogP contribution >= 0.6 is 0 Å². The van der Waals surface area contributed by atoms with Crippen molar-refractivity contribution < 1.29 is 13.7 Å². The molecule has 218 valence electrons. The highest BCUT2D eigenvalue weighted by Gasteiger charge is 2.40. The summed E-state index contributed by atoms with van der Waals surface area (Å²) in [5.41, 5.74) is 4.81. The Morgan fingerprint density at radius 2 is 1.59 bits per heavy atom. The van der Waals surface area contributed by atoms with Crippen LogP contribution in [0.3, 0.4) is 0 Å². The summed E-state index contributed by atoms with van der Waals surface area (Å²) in [5.74, 6) is 2.01. The zero-order chi connectivity index (χ0) is 30.0. The van der Waals surface area contributed by atoms with E-state index in [9.17, 15) is 0 Å². The van der Waals surface area contributed by atoms with E-state index >= 15 is 0 Å². The number of ether oxygens (including phenoxy) is 1. The Balaban J connectivity index is 1.66. The summed E-state index contributed by atoms with van der Waals surface area (Å²) >= 11 is 0. The molecule has 0 saturated heterocycles. The van der Waals surface area contributed by atoms with E-state index in [1.165, 1.54) is 6.33 Å². The maximum absolute atomic E-state index is 6.82. The lowest BCUT2D eigenvalue weighted by Crippen LogP contribution is -2.46. The van der Waals surface area contributed by atoms with Crippen molar-refractivity contribution in [3.63, 3.8) is 0 Å². The summed E-state index contributed by atoms with van der Waals surface area (Å²) in [7, 11) is -1.97. The molecule has 9 heteroatoms. The lowest BCUT2D eigenvalue weighted by atomic mass is 9.89. The van der Waals surface area contributed by atoms with E-state index in [2.05, 4.69) is 69.8 Å². The first-order valence-corrected chi connectivity index (χ1v) is 17.0. The highest BCUT2D eigenvalue weighted by molar-refractivity contribution is 6.74. The van der Waals surface area contributed by atoms with Gasteiger partial charge in [-0.3, -0.25) is 0 Å². The Morgan fingerprint density at radius 3 is 2.20 bits per heavy atom. The first kappa shape index (κ1) is 30.5. The minimum Gasteiger partial charge on any atom is -0.491 e. The number of benzene rings is 1. The third-order valence-corrected chi connectivity index (χ3v) is 12.0. The van der Waals surface area contributed by atoms with Gasteiger partial charge in [-0.2, -0.15) is 0 Å². The van der Waals surface area contributed by atoms with E-state index in [-0.39, 0.29) is 16.6 Å². The summed E-state index contributed by atoms with van der Waals surface area (Å²) in [6, 6.07) is 9.83. The van der Waals surface area contributed by atoms with Crippen molar-refractivity contribution in [1.82, 2.24) is 25.1 Å². The fourth-order valence-corrected chi connectivity index (χ4v) is 5.80. The van der Waals surface area contributed by atoms with Gasteiger partial charge in [0.2, 0.25) is 0 Å². The SMILES string of the molecule is Cc1noc(C)c1-c1cc(-c2cncnc2)nc(-c2cccc(OCC(CC(C)(C)C)O[Si](C)(C)C(C)(C)C)c2)n1. The van der Waals surface area contributed by atoms with E-state index in [0.717, 1.165) is 40.2 Å². The van der Waals surface area contributed by atoms with Gasteiger partial charge in [0.1, 0.15) is 24.4 Å². The smallest absolute Gasteiger partial charge is 0.192 e. The Labute approximate surface area is 245 Å². The highest BCUT2D eigenvalue weighted by Crippen LogP contribution is 2.39. The molecule has 0 aliphatic heterocycles. The predicted octanol–water partition coefficient (Wildman–Crippen LogP) is 8.08. The van der Waals surface area contributed by atoms with Crippen molar-refractivity contribution in [2.45, 2.75) is 86.0 Å². The van der Waals surface area contributed by atoms with Crippen LogP contribution in [0.5, 0.6) is 5.75 Å². The topological polar surface area (TPSA) is 96.1 Å². The molecule has 4 aromatic rings. The van der Waals surface area contributed by atoms with Gasteiger partial charge >= 0.3 is 0 Å². The minimum atomic E-state index is -1.97. The number of hydrogen-bond acceptors (Lipinski definition) is 8. The fraction of sp³-hybridized carbons (Fsp3) is 0.469. The Kier molecular flexibility index (Phi) is 8.80. The number of nitrogens with zero attached hydrogens (tertiary/aromatic N) is 5. The molecule has 0 bridgehead atoms. The molecule has 0 radical (unpaired) electrons. The summed E-state index contributed by atoms with van der Waals surface area (Å²) in [5, 5.41) is 4.25. The quantitative estimate of drug-likeness (QED) is 0.185. The van der Waals surface area contributed by atoms with Crippen molar-refractivity contribution in [1.29, 1.82) is 0 Å². The monoisotopic (exact) mass is 573 g/mol. The van der Waals surface area contributed by atoms with E-state index < -0.39 is 8.32 Å². The molecule has 1 atom stereocenters. The first-order valence-electron chi connectivity index (χ1n) is 14.1. The van der Waals surface area contributed by atoms with Gasteiger partial charge in [-0.25, -0.2) is 19.9 Å². The molecule has 0 N–H and O–H groups in total. The van der Waals surface area contributed by atoms with E-state index in [1.807, 2.05) is 44.2 Å². The van der Waals surface area contributed by atoms with Crippen LogP contribution < -0.4 is 4.74 Å². The average Bonchev–Trinajstić information content (AvgIpc) is 3.23. The molecular formula is C32H43N5O3Si. The third kappa shape index (κ3) is 7.65. The van der Waals surface area contributed by atoms with Crippen molar-refractivity contribution in [3.8, 4) is 39.7 Å². The van der Waals surface area contributed by atoms with E-state index in [0.29, 0.717) is 23.9 Å². The Morgan fingerprint density at radius 1 is 0.902 bits per heavy atom. The van der Waals surface area contributed by atoms with Crippen molar-refractivity contribution in [2.24, 2.45) is 5.41 Å². The zero-order valence-electron chi connectivity index (χ0n) is 26.1. The Hall–Kier alpha value is -3.43. The van der Waals surface area contributed by atoms with Crippen molar-refractivity contribution >= 4 is 8.32 Å². The van der Waals surface area contributed by atoms with Crippen LogP contribution in [0.1, 0.15) is 59.4 Å². The van der Waals surface area contributed by atoms with E-state index in [4.69, 9.17) is 23.7 Å². The van der Waals surface area contributed by atoms with Crippen molar-refractivity contribution in [2.75, 3.05) is 6.61 Å². The van der Waals surface area contributed by atoms with Crippen LogP contribution in [-0.2, 0) is 4.43 Å². The number of hydrogen-bond donors (Lipinski definition) is 0. The molecule has 0 aliphatic carbocycles. The van der Waals surface area contributed by atoms with Gasteiger partial charge in [0.05, 0.1) is 28.7 Å². The second-order valence-electron chi connectivity index (χ2n) is 13.4. The van der Waals surface area contributed by atoms with Gasteiger partial charge in [0, 0.05) is 23.5 Å². The Bertz CT molecular complexity index is 1450. The molecule has 0 fully saturated rings. The molecule has 3 aromatic heterocycles. The lowest BCUT2D eigenvalue weighted by Gasteiger charge is -2.40. The third-order valence-electron chi connectivity index (χ3n) is 7.51. The van der Waals surface area contributed by atoms with Gasteiger partial charge in [0.25, 0.3) is 0 Å². The molecule has 0 aliphatic rings. The van der Waals surface area contributed by atoms with Crippen LogP contribution in [0.15, 0.2) is 53.6 Å². The van der Waals surface area contributed by atoms with Crippen LogP contribution in [0.2, 0.25) is 18.1 Å². The summed E-state index contributed by atoms with van der Waals surface area (Å²) in [6.45, 7) is 22.4. The standard InChI is InChI=1S/C32H43N5O3Si/c1-21-29(22(2)39-37-21)28-15-27(24-17-33-20-34-18-24)35-30(36-28)23-12-11-13-25(14-23)38-19-26(16-31(3,4)5)40-41(9,10)32(6,7)8/h11-15,17-18,20,26H,16,19H2,1-10H3. The minimum absolute atomic E-state index is 0.0108. The summed E-state index contributed by atoms with van der Waals surface area (Å²) < 4.78 is 18.6. The average molecular weight is 574 g/mol. The van der Waals surface area contributed by atoms with Crippen molar-refractivity contribution in [3.05, 3.63) is 60.5 Å². The molecule has 1 aromatic carbocycles. The lowest BCUT2D eigenvalue weighted by molar-refractivity contribution is 0.0789. The molecule has 0 amide bonds. The number of rotatable bonds is 9. The normalized spacial score (nSPS) is 13.3. The van der Waals surface area contributed by atoms with Gasteiger partial charge in [-0.1, -0.05) is 58.8 Å². The number of aryl methyl sites for hydroxylation is 2. The molecule has 4 rings (SSSR count). The molecule has 41 heavy (non-hydrogen) atoms. The molecule has 0 spiro atoms. The van der Waals surface area contributed by atoms with Crippen LogP contribution in [0.4, 0.5) is 0 Å². The predicted molar refractivity (Wildman–Crippen MR) is 165 cm³/mol. The summed E-state index contributed by atoms with van der Waals surface area (Å²) in [6.07, 6.45) is 5.89. The maximum atomic E-state index is 6.82. The second kappa shape index (κ2) is 11.8. The summed E-state index contributed by atoms with van der Waals surface area (Å²) in [4.78, 5) is 18.2. The largest absolute Gasteiger partial charge is 0.491 e. The molecule has 1 unspecified atom stereocenters. The molecule has 8 nitrogen and oxygen atoms in total. The van der Waals surface area contributed by atoms with E-state index in [1.54, 1.807) is 12.4 Å². The first-order chi connectivity index (χ1) is 19.1. The number of aromatic nitrogens is 5. The fourth-order valence-electron chi connectivity index (χ4n) is 4.46. The van der Waals surface area contributed by atoms with Crippen LogP contribution in [0, 0.1) is 19.3 Å². The zero-order valence-corrected chi connectivity index (χ0v) is 27.1. The maximum Gasteiger partial charge on any atom is 0.192 e. The van der Waals surface area contributed by atoms with Crippen LogP contribution in [0.25, 0.3) is 33.9 Å². The van der Waals surface area contributed by atoms with Gasteiger partial charge in [-0.05, 0) is 62.0 Å². The highest BCUT2D eigenvalue weighted by atomic mass is 28.4.